The van der Waals surface area contributed by atoms with E-state index in [9.17, 15) is 9.90 Å². The van der Waals surface area contributed by atoms with Crippen LogP contribution >= 0.6 is 0 Å². The van der Waals surface area contributed by atoms with Gasteiger partial charge in [0.1, 0.15) is 17.7 Å². The van der Waals surface area contributed by atoms with Gasteiger partial charge in [-0.3, -0.25) is 9.69 Å². The number of likely N-dealkylation sites (tertiary alicyclic amines) is 1. The van der Waals surface area contributed by atoms with Gasteiger partial charge in [0.05, 0.1) is 6.54 Å². The number of aryl methyl sites for hydroxylation is 1. The molecule has 0 radical (unpaired) electrons. The average molecular weight is 292 g/mol. The van der Waals surface area contributed by atoms with E-state index < -0.39 is 12.0 Å². The van der Waals surface area contributed by atoms with Crippen LogP contribution in [0.4, 0.5) is 0 Å². The number of carboxylic acid groups (broad SMARTS) is 1. The first-order valence-electron chi connectivity index (χ1n) is 7.87. The van der Waals surface area contributed by atoms with Gasteiger partial charge in [-0.2, -0.15) is 0 Å². The monoisotopic (exact) mass is 292 g/mol. The highest BCUT2D eigenvalue weighted by Gasteiger charge is 2.42. The number of rotatable bonds is 3. The van der Waals surface area contributed by atoms with Crippen molar-refractivity contribution in [1.29, 1.82) is 0 Å². The predicted molar refractivity (Wildman–Crippen MR) is 77.8 cm³/mol. The SMILES string of the molecule is CC1(C)CCCN(Cc2nnc3n2CCCC3)C1C(=O)O. The zero-order chi connectivity index (χ0) is 15.0. The number of carboxylic acids is 1. The summed E-state index contributed by atoms with van der Waals surface area (Å²) in [6.07, 6.45) is 5.32. The van der Waals surface area contributed by atoms with E-state index in [4.69, 9.17) is 0 Å². The molecule has 1 unspecified atom stereocenters. The van der Waals surface area contributed by atoms with Crippen LogP contribution < -0.4 is 0 Å². The van der Waals surface area contributed by atoms with Gasteiger partial charge in [-0.25, -0.2) is 0 Å². The van der Waals surface area contributed by atoms with Crippen molar-refractivity contribution >= 4 is 5.97 Å². The van der Waals surface area contributed by atoms with Crippen molar-refractivity contribution in [1.82, 2.24) is 19.7 Å². The number of fused-ring (bicyclic) bond motifs is 1. The van der Waals surface area contributed by atoms with Gasteiger partial charge in [0.25, 0.3) is 0 Å². The molecule has 2 aliphatic rings. The molecule has 3 rings (SSSR count). The molecule has 21 heavy (non-hydrogen) atoms. The smallest absolute Gasteiger partial charge is 0.321 e. The van der Waals surface area contributed by atoms with Crippen molar-refractivity contribution in [2.45, 2.75) is 65.1 Å². The van der Waals surface area contributed by atoms with Gasteiger partial charge in [-0.05, 0) is 37.6 Å². The number of aromatic nitrogens is 3. The minimum atomic E-state index is -0.724. The Morgan fingerprint density at radius 3 is 2.86 bits per heavy atom. The highest BCUT2D eigenvalue weighted by molar-refractivity contribution is 5.74. The Morgan fingerprint density at radius 2 is 2.10 bits per heavy atom. The van der Waals surface area contributed by atoms with Gasteiger partial charge in [0, 0.05) is 13.0 Å². The second-order valence-electron chi connectivity index (χ2n) is 6.94. The molecule has 1 fully saturated rings. The summed E-state index contributed by atoms with van der Waals surface area (Å²) in [5.41, 5.74) is -0.200. The number of piperidine rings is 1. The lowest BCUT2D eigenvalue weighted by atomic mass is 9.76. The molecule has 1 N–H and O–H groups in total. The standard InChI is InChI=1S/C15H24N4O2/c1-15(2)7-5-8-18(13(15)14(20)21)10-12-17-16-11-6-3-4-9-19(11)12/h13H,3-10H2,1-2H3,(H,20,21). The average Bonchev–Trinajstić information content (AvgIpc) is 2.81. The van der Waals surface area contributed by atoms with E-state index in [1.807, 2.05) is 0 Å². The second kappa shape index (κ2) is 5.40. The maximum absolute atomic E-state index is 11.7. The lowest BCUT2D eigenvalue weighted by molar-refractivity contribution is -0.151. The van der Waals surface area contributed by atoms with Crippen LogP contribution in [0.15, 0.2) is 0 Å². The van der Waals surface area contributed by atoms with Crippen molar-refractivity contribution in [3.05, 3.63) is 11.6 Å². The molecule has 0 aromatic carbocycles. The van der Waals surface area contributed by atoms with Crippen LogP contribution in [0.5, 0.6) is 0 Å². The van der Waals surface area contributed by atoms with Gasteiger partial charge >= 0.3 is 5.97 Å². The number of carbonyl (C=O) groups is 1. The van der Waals surface area contributed by atoms with Crippen LogP contribution in [0.1, 0.15) is 51.2 Å². The van der Waals surface area contributed by atoms with Gasteiger partial charge in [0.15, 0.2) is 0 Å². The topological polar surface area (TPSA) is 71.2 Å². The van der Waals surface area contributed by atoms with Crippen molar-refractivity contribution < 1.29 is 9.90 Å². The lowest BCUT2D eigenvalue weighted by Crippen LogP contribution is -2.53. The first kappa shape index (κ1) is 14.5. The first-order chi connectivity index (χ1) is 9.99. The van der Waals surface area contributed by atoms with Crippen molar-refractivity contribution in [2.75, 3.05) is 6.54 Å². The Labute approximate surface area is 125 Å². The Kier molecular flexibility index (Phi) is 3.73. The third-order valence-electron chi connectivity index (χ3n) is 4.89. The number of aliphatic carboxylic acids is 1. The van der Waals surface area contributed by atoms with E-state index in [1.54, 1.807) is 0 Å². The predicted octanol–water partition coefficient (Wildman–Crippen LogP) is 1.69. The quantitative estimate of drug-likeness (QED) is 0.918. The lowest BCUT2D eigenvalue weighted by Gasteiger charge is -2.43. The molecule has 1 atom stereocenters. The normalized spacial score (nSPS) is 25.5. The van der Waals surface area contributed by atoms with E-state index >= 15 is 0 Å². The minimum Gasteiger partial charge on any atom is -0.480 e. The summed E-state index contributed by atoms with van der Waals surface area (Å²) in [6.45, 7) is 6.48. The number of hydrogen-bond donors (Lipinski definition) is 1. The molecule has 0 saturated carbocycles. The summed E-state index contributed by atoms with van der Waals surface area (Å²) in [7, 11) is 0. The van der Waals surface area contributed by atoms with Gasteiger partial charge in [-0.1, -0.05) is 13.8 Å². The summed E-state index contributed by atoms with van der Waals surface area (Å²) >= 11 is 0. The first-order valence-corrected chi connectivity index (χ1v) is 7.87. The van der Waals surface area contributed by atoms with Crippen LogP contribution in [0.25, 0.3) is 0 Å². The number of nitrogens with zero attached hydrogens (tertiary/aromatic N) is 4. The van der Waals surface area contributed by atoms with Crippen LogP contribution in [0.2, 0.25) is 0 Å². The van der Waals surface area contributed by atoms with E-state index in [0.29, 0.717) is 6.54 Å². The zero-order valence-electron chi connectivity index (χ0n) is 12.9. The molecule has 1 saturated heterocycles. The molecule has 6 nitrogen and oxygen atoms in total. The second-order valence-corrected chi connectivity index (χ2v) is 6.94. The van der Waals surface area contributed by atoms with E-state index in [0.717, 1.165) is 50.4 Å². The molecule has 0 spiro atoms. The van der Waals surface area contributed by atoms with Crippen LogP contribution in [-0.4, -0.2) is 43.3 Å². The molecule has 116 valence electrons. The molecule has 0 amide bonds. The zero-order valence-corrected chi connectivity index (χ0v) is 12.9. The van der Waals surface area contributed by atoms with Gasteiger partial charge in [-0.15, -0.1) is 10.2 Å². The Bertz CT molecular complexity index is 538. The Balaban J connectivity index is 1.82. The largest absolute Gasteiger partial charge is 0.480 e. The third-order valence-corrected chi connectivity index (χ3v) is 4.89. The Hall–Kier alpha value is -1.43. The molecule has 3 heterocycles. The summed E-state index contributed by atoms with van der Waals surface area (Å²) in [5, 5.41) is 18.2. The molecule has 1 aromatic heterocycles. The fraction of sp³-hybridized carbons (Fsp3) is 0.800. The van der Waals surface area contributed by atoms with Crippen molar-refractivity contribution in [2.24, 2.45) is 5.41 Å². The molecule has 1 aromatic rings. The summed E-state index contributed by atoms with van der Waals surface area (Å²) in [6, 6.07) is -0.442. The fourth-order valence-electron chi connectivity index (χ4n) is 3.83. The van der Waals surface area contributed by atoms with Gasteiger partial charge in [0.2, 0.25) is 0 Å². The third kappa shape index (κ3) is 2.69. The number of hydrogen-bond acceptors (Lipinski definition) is 4. The van der Waals surface area contributed by atoms with Crippen molar-refractivity contribution in [3.8, 4) is 0 Å². The molecular formula is C15H24N4O2. The maximum atomic E-state index is 11.7. The molecule has 0 bridgehead atoms. The van der Waals surface area contributed by atoms with Gasteiger partial charge < -0.3 is 9.67 Å². The molecule has 0 aliphatic carbocycles. The van der Waals surface area contributed by atoms with Crippen LogP contribution in [-0.2, 0) is 24.3 Å². The summed E-state index contributed by atoms with van der Waals surface area (Å²) < 4.78 is 2.18. The Morgan fingerprint density at radius 1 is 1.29 bits per heavy atom. The minimum absolute atomic E-state index is 0.200. The van der Waals surface area contributed by atoms with E-state index in [2.05, 4.69) is 33.5 Å². The molecule has 2 aliphatic heterocycles. The van der Waals surface area contributed by atoms with Crippen LogP contribution in [0, 0.1) is 5.41 Å². The summed E-state index contributed by atoms with van der Waals surface area (Å²) in [4.78, 5) is 13.8. The summed E-state index contributed by atoms with van der Waals surface area (Å²) in [5.74, 6) is 1.26. The fourth-order valence-corrected chi connectivity index (χ4v) is 3.83. The molecular weight excluding hydrogens is 268 g/mol. The highest BCUT2D eigenvalue weighted by atomic mass is 16.4. The molecule has 6 heteroatoms. The van der Waals surface area contributed by atoms with Crippen LogP contribution in [0.3, 0.4) is 0 Å². The van der Waals surface area contributed by atoms with Crippen molar-refractivity contribution in [3.63, 3.8) is 0 Å². The maximum Gasteiger partial charge on any atom is 0.321 e. The highest BCUT2D eigenvalue weighted by Crippen LogP contribution is 2.36. The van der Waals surface area contributed by atoms with E-state index in [1.165, 1.54) is 6.42 Å². The van der Waals surface area contributed by atoms with E-state index in [-0.39, 0.29) is 5.41 Å².